The number of nitrogens with two attached hydrogens (primary N) is 5. The van der Waals surface area contributed by atoms with Gasteiger partial charge in [-0.25, -0.2) is 15.7 Å². The molecule has 0 unspecified atom stereocenters. The molecule has 0 saturated carbocycles. The highest BCUT2D eigenvalue weighted by atomic mass is 15.0. The van der Waals surface area contributed by atoms with E-state index in [2.05, 4.69) is 57.1 Å². The molecule has 0 aliphatic heterocycles. The van der Waals surface area contributed by atoms with Gasteiger partial charge < -0.3 is 11.5 Å². The Kier molecular flexibility index (Phi) is 8.55. The van der Waals surface area contributed by atoms with Crippen molar-refractivity contribution < 1.29 is 15.7 Å². The quantitative estimate of drug-likeness (QED) is 0.0971. The van der Waals surface area contributed by atoms with Crippen LogP contribution in [0, 0.1) is 0 Å². The van der Waals surface area contributed by atoms with Crippen molar-refractivity contribution in [2.45, 2.75) is 19.6 Å². The summed E-state index contributed by atoms with van der Waals surface area (Å²) in [5.74, 6) is 0.500. The number of guanidine groups is 3. The number of aliphatic imine (C=N–C) groups is 1. The van der Waals surface area contributed by atoms with E-state index in [1.807, 2.05) is 54.6 Å². The van der Waals surface area contributed by atoms with E-state index in [-0.39, 0.29) is 18.5 Å². The van der Waals surface area contributed by atoms with Gasteiger partial charge in [0, 0.05) is 11.1 Å². The lowest BCUT2D eigenvalue weighted by atomic mass is 9.79. The fraction of sp³-hybridized carbons (Fsp3) is 0.100. The molecule has 4 rings (SSSR count). The number of nitrogens with zero attached hydrogens (tertiary/aromatic N) is 1. The Hall–Kier alpha value is -5.15. The van der Waals surface area contributed by atoms with Gasteiger partial charge in [-0.1, -0.05) is 91.0 Å². The highest BCUT2D eigenvalue weighted by molar-refractivity contribution is 5.92. The Morgan fingerprint density at radius 1 is 0.564 bits per heavy atom. The van der Waals surface area contributed by atoms with Crippen LogP contribution in [0.5, 0.6) is 0 Å². The summed E-state index contributed by atoms with van der Waals surface area (Å²) in [4.78, 5) is 10.9. The van der Waals surface area contributed by atoms with E-state index in [1.54, 1.807) is 0 Å². The maximum atomic E-state index is 6.00. The van der Waals surface area contributed by atoms with Gasteiger partial charge >= 0.3 is 11.9 Å². The van der Waals surface area contributed by atoms with E-state index >= 15 is 0 Å². The first-order valence-corrected chi connectivity index (χ1v) is 12.6. The monoisotopic (exact) mass is 522 g/mol. The van der Waals surface area contributed by atoms with Crippen molar-refractivity contribution in [1.82, 2.24) is 0 Å². The van der Waals surface area contributed by atoms with E-state index in [0.29, 0.717) is 19.0 Å². The molecule has 9 heteroatoms. The molecule has 0 aromatic heterocycles. The molecule has 4 aromatic rings. The maximum Gasteiger partial charge on any atom is 0.434 e. The molecule has 39 heavy (non-hydrogen) atoms. The molecule has 0 spiro atoms. The van der Waals surface area contributed by atoms with Crippen LogP contribution < -0.4 is 44.4 Å². The molecule has 0 aliphatic carbocycles. The van der Waals surface area contributed by atoms with Crippen molar-refractivity contribution >= 4 is 17.9 Å². The molecule has 0 fully saturated rings. The Labute approximate surface area is 228 Å². The fourth-order valence-electron chi connectivity index (χ4n) is 4.86. The van der Waals surface area contributed by atoms with Crippen LogP contribution in [-0.4, -0.2) is 17.9 Å². The van der Waals surface area contributed by atoms with Gasteiger partial charge in [0.1, 0.15) is 6.54 Å². The Bertz CT molecular complexity index is 1290. The van der Waals surface area contributed by atoms with Gasteiger partial charge in [0.2, 0.25) is 0 Å². The first-order valence-electron chi connectivity index (χ1n) is 12.6. The normalized spacial score (nSPS) is 11.2. The number of rotatable bonds is 9. The largest absolute Gasteiger partial charge is 0.434 e. The van der Waals surface area contributed by atoms with Crippen molar-refractivity contribution in [3.8, 4) is 33.4 Å². The lowest BCUT2D eigenvalue weighted by molar-refractivity contribution is -0.519. The van der Waals surface area contributed by atoms with Crippen LogP contribution in [0.3, 0.4) is 0 Å². The molecule has 0 aliphatic rings. The van der Waals surface area contributed by atoms with Gasteiger partial charge in [0.25, 0.3) is 0 Å². The summed E-state index contributed by atoms with van der Waals surface area (Å²) in [6.07, 6.45) is 0. The molecular formula is C30H36N9+3. The van der Waals surface area contributed by atoms with Crippen LogP contribution in [-0.2, 0) is 19.6 Å². The highest BCUT2D eigenvalue weighted by Gasteiger charge is 2.27. The first-order chi connectivity index (χ1) is 18.9. The van der Waals surface area contributed by atoms with Crippen molar-refractivity contribution in [2.75, 3.05) is 0 Å². The molecule has 0 atom stereocenters. The Morgan fingerprint density at radius 3 is 1.31 bits per heavy atom. The zero-order chi connectivity index (χ0) is 27.8. The predicted molar refractivity (Wildman–Crippen MR) is 157 cm³/mol. The van der Waals surface area contributed by atoms with Crippen molar-refractivity contribution in [1.29, 1.82) is 0 Å². The van der Waals surface area contributed by atoms with Gasteiger partial charge in [-0.2, -0.15) is 0 Å². The summed E-state index contributed by atoms with van der Waals surface area (Å²) < 4.78 is 0. The summed E-state index contributed by atoms with van der Waals surface area (Å²) in [7, 11) is 0. The van der Waals surface area contributed by atoms with Crippen LogP contribution >= 0.6 is 0 Å². The fourth-order valence-corrected chi connectivity index (χ4v) is 4.86. The molecule has 0 amide bonds. The summed E-state index contributed by atoms with van der Waals surface area (Å²) in [6.45, 7) is 1.05. The van der Waals surface area contributed by atoms with Gasteiger partial charge in [0.15, 0.2) is 5.96 Å². The van der Waals surface area contributed by atoms with E-state index in [9.17, 15) is 0 Å². The number of hydrogen-bond acceptors (Lipinski definition) is 1. The van der Waals surface area contributed by atoms with E-state index in [4.69, 9.17) is 28.7 Å². The van der Waals surface area contributed by atoms with Crippen molar-refractivity contribution in [3.05, 3.63) is 108 Å². The van der Waals surface area contributed by atoms with Crippen LogP contribution in [0.15, 0.2) is 96.0 Å². The van der Waals surface area contributed by atoms with E-state index in [0.717, 1.165) is 50.1 Å². The average molecular weight is 523 g/mol. The number of quaternary nitrogens is 1. The van der Waals surface area contributed by atoms with Gasteiger partial charge in [-0.3, -0.25) is 22.2 Å². The lowest BCUT2D eigenvalue weighted by Crippen LogP contribution is -2.87. The van der Waals surface area contributed by atoms with E-state index in [1.165, 1.54) is 0 Å². The van der Waals surface area contributed by atoms with Gasteiger partial charge in [-0.15, -0.1) is 0 Å². The molecule has 9 nitrogen and oxygen atoms in total. The zero-order valence-corrected chi connectivity index (χ0v) is 21.8. The predicted octanol–water partition coefficient (Wildman–Crippen LogP) is -1.55. The molecule has 0 radical (unpaired) electrons. The minimum Gasteiger partial charge on any atom is -0.370 e. The van der Waals surface area contributed by atoms with Crippen LogP contribution in [0.25, 0.3) is 33.4 Å². The molecule has 15 N–H and O–H groups in total. The maximum absolute atomic E-state index is 6.00. The third kappa shape index (κ3) is 6.41. The van der Waals surface area contributed by atoms with Crippen LogP contribution in [0.1, 0.15) is 16.7 Å². The molecule has 0 saturated heterocycles. The third-order valence-corrected chi connectivity index (χ3v) is 6.38. The standard InChI is InChI=1S/C30H33N9/c31-28(32)37-16-22-25(19-10-4-1-5-11-19)23(17-38-29(33)34)27(21-14-8-3-9-15-21)24(18-39-30(35)36)26(22)20-12-6-2-7-13-20/h1-15H,16-18H2,(H4,31,32,37)(H4,33,34,38)(H4,35,36,39)/p+3. The smallest absolute Gasteiger partial charge is 0.370 e. The lowest BCUT2D eigenvalue weighted by Gasteiger charge is -2.26. The molecular weight excluding hydrogens is 486 g/mol. The second kappa shape index (κ2) is 12.4. The minimum atomic E-state index is 0.00869. The van der Waals surface area contributed by atoms with Crippen molar-refractivity contribution in [3.63, 3.8) is 0 Å². The second-order valence-electron chi connectivity index (χ2n) is 9.09. The number of nitrogens with one attached hydrogen (secondary N) is 2. The molecule has 4 aromatic carbocycles. The molecule has 0 heterocycles. The average Bonchev–Trinajstić information content (AvgIpc) is 2.94. The van der Waals surface area contributed by atoms with Crippen LogP contribution in [0.4, 0.5) is 0 Å². The minimum absolute atomic E-state index is 0.00869. The number of benzene rings is 4. The molecule has 198 valence electrons. The first kappa shape index (κ1) is 26.9. The Morgan fingerprint density at radius 2 is 0.949 bits per heavy atom. The summed E-state index contributed by atoms with van der Waals surface area (Å²) in [6, 6.07) is 30.6. The summed E-state index contributed by atoms with van der Waals surface area (Å²) in [5, 5.41) is 0. The zero-order valence-electron chi connectivity index (χ0n) is 21.8. The SMILES string of the molecule is NC(N)=NCc1c(-c2ccccc2)c(C[NH+]=C(N)N)c(-c2ccccc2)c(C[NH+]=C(N)[NH3+])c1-c1ccccc1. The topological polar surface area (TPSA) is 198 Å². The van der Waals surface area contributed by atoms with Gasteiger partial charge in [0.05, 0.1) is 13.1 Å². The summed E-state index contributed by atoms with van der Waals surface area (Å²) in [5.41, 5.74) is 42.5. The van der Waals surface area contributed by atoms with Crippen molar-refractivity contribution in [2.24, 2.45) is 33.7 Å². The Balaban J connectivity index is 2.28. The highest BCUT2D eigenvalue weighted by Crippen LogP contribution is 2.44. The number of hydrogen-bond donors (Lipinski definition) is 8. The summed E-state index contributed by atoms with van der Waals surface area (Å²) >= 11 is 0. The van der Waals surface area contributed by atoms with E-state index < -0.39 is 0 Å². The van der Waals surface area contributed by atoms with Gasteiger partial charge in [-0.05, 0) is 38.9 Å². The van der Waals surface area contributed by atoms with Crippen LogP contribution in [0.2, 0.25) is 0 Å². The third-order valence-electron chi connectivity index (χ3n) is 6.38. The second-order valence-corrected chi connectivity index (χ2v) is 9.09. The molecule has 0 bridgehead atoms.